The average Bonchev–Trinajstić information content (AvgIpc) is 2.38. The molecule has 0 bridgehead atoms. The Balaban J connectivity index is 4.85. The van der Waals surface area contributed by atoms with Gasteiger partial charge in [0.25, 0.3) is 0 Å². The summed E-state index contributed by atoms with van der Waals surface area (Å²) in [7, 11) is 0. The minimum absolute atomic E-state index is 1.28. The third kappa shape index (κ3) is 6.64. The van der Waals surface area contributed by atoms with Crippen LogP contribution in [0.5, 0.6) is 0 Å². The van der Waals surface area contributed by atoms with E-state index in [0.717, 1.165) is 0 Å². The molecule has 0 unspecified atom stereocenters. The van der Waals surface area contributed by atoms with Crippen LogP contribution in [0.4, 0.5) is 0 Å². The van der Waals surface area contributed by atoms with Gasteiger partial charge in [-0.2, -0.15) is 0 Å². The molecular formula is C15H29CuNSn. The van der Waals surface area contributed by atoms with Crippen LogP contribution in [0.15, 0.2) is 9.07 Å². The Morgan fingerprint density at radius 2 is 1.39 bits per heavy atom. The molecule has 0 radical (unpaired) electrons. The van der Waals surface area contributed by atoms with Gasteiger partial charge >= 0.3 is 125 Å². The van der Waals surface area contributed by atoms with E-state index in [1.807, 2.05) is 0 Å². The molecule has 0 aliphatic heterocycles. The Kier molecular flexibility index (Phi) is 11.7. The number of hydrogen-bond donors (Lipinski definition) is 0. The van der Waals surface area contributed by atoms with E-state index < -0.39 is 18.4 Å². The second-order valence-electron chi connectivity index (χ2n) is 5.09. The minimum atomic E-state index is -2.28. The predicted molar refractivity (Wildman–Crippen MR) is 79.7 cm³/mol. The second kappa shape index (κ2) is 11.4. The molecule has 0 aliphatic rings. The van der Waals surface area contributed by atoms with Crippen molar-refractivity contribution in [3.05, 3.63) is 9.07 Å². The Hall–Kier alpha value is 0.548. The molecule has 0 rings (SSSR count). The van der Waals surface area contributed by atoms with Crippen LogP contribution in [0, 0.1) is 10.2 Å². The van der Waals surface area contributed by atoms with Gasteiger partial charge in [0.2, 0.25) is 0 Å². The van der Waals surface area contributed by atoms with E-state index in [1.54, 1.807) is 0 Å². The summed E-state index contributed by atoms with van der Waals surface area (Å²) in [5.74, 6) is 0. The van der Waals surface area contributed by atoms with Gasteiger partial charge in [0, 0.05) is 0 Å². The predicted octanol–water partition coefficient (Wildman–Crippen LogP) is 5.45. The molecule has 109 valence electrons. The Morgan fingerprint density at radius 3 is 1.67 bits per heavy atom. The average molecular weight is 406 g/mol. The summed E-state index contributed by atoms with van der Waals surface area (Å²) in [6, 6.07) is 0. The van der Waals surface area contributed by atoms with E-state index in [4.69, 9.17) is 5.26 Å². The molecule has 0 saturated heterocycles. The molecule has 0 aliphatic carbocycles. The molecule has 0 saturated carbocycles. The molecule has 0 amide bonds. The van der Waals surface area contributed by atoms with Crippen LogP contribution in [0.1, 0.15) is 59.3 Å². The van der Waals surface area contributed by atoms with Gasteiger partial charge in [-0.1, -0.05) is 0 Å². The molecule has 0 aromatic heterocycles. The van der Waals surface area contributed by atoms with Gasteiger partial charge < -0.3 is 0 Å². The summed E-state index contributed by atoms with van der Waals surface area (Å²) in [6.07, 6.45) is 7.85. The van der Waals surface area contributed by atoms with E-state index in [2.05, 4.69) is 32.3 Å². The fraction of sp³-hybridized carbons (Fsp3) is 0.800. The van der Waals surface area contributed by atoms with E-state index in [9.17, 15) is 0 Å². The van der Waals surface area contributed by atoms with Gasteiger partial charge in [-0.3, -0.25) is 0 Å². The first-order valence-electron chi connectivity index (χ1n) is 7.31. The van der Waals surface area contributed by atoms with Crippen LogP contribution in [-0.4, -0.2) is 18.4 Å². The number of unbranched alkanes of at least 4 members (excludes halogenated alkanes) is 3. The quantitative estimate of drug-likeness (QED) is 0.419. The van der Waals surface area contributed by atoms with Crippen molar-refractivity contribution in [3.63, 3.8) is 0 Å². The summed E-state index contributed by atoms with van der Waals surface area (Å²) in [4.78, 5) is 2.26. The zero-order valence-electron chi connectivity index (χ0n) is 12.3. The molecule has 1 nitrogen and oxygen atoms in total. The Bertz CT molecular complexity index is 248. The molecule has 0 heterocycles. The normalized spacial score (nSPS) is 11.4. The summed E-state index contributed by atoms with van der Waals surface area (Å²) >= 11 is -0.796. The second-order valence-corrected chi connectivity index (χ2v) is 20.5. The summed E-state index contributed by atoms with van der Waals surface area (Å²) < 4.78 is 5.55. The molecule has 0 atom stereocenters. The zero-order chi connectivity index (χ0) is 13.9. The van der Waals surface area contributed by atoms with E-state index >= 15 is 0 Å². The first kappa shape index (κ1) is 18.5. The van der Waals surface area contributed by atoms with E-state index in [-0.39, 0.29) is 0 Å². The van der Waals surface area contributed by atoms with Gasteiger partial charge in [-0.05, 0) is 0 Å². The zero-order valence-corrected chi connectivity index (χ0v) is 16.1. The van der Waals surface area contributed by atoms with Crippen molar-refractivity contribution >= 4 is 18.4 Å². The van der Waals surface area contributed by atoms with Crippen molar-refractivity contribution in [1.29, 1.82) is 5.26 Å². The van der Waals surface area contributed by atoms with Crippen molar-refractivity contribution in [2.24, 2.45) is 0 Å². The summed E-state index contributed by atoms with van der Waals surface area (Å²) in [5.41, 5.74) is 0. The van der Waals surface area contributed by atoms with Gasteiger partial charge in [-0.15, -0.1) is 0 Å². The molecule has 0 fully saturated rings. The Labute approximate surface area is 124 Å². The fourth-order valence-electron chi connectivity index (χ4n) is 2.42. The first-order chi connectivity index (χ1) is 8.66. The number of rotatable bonds is 11. The molecule has 0 aromatic carbocycles. The van der Waals surface area contributed by atoms with Gasteiger partial charge in [0.15, 0.2) is 0 Å². The van der Waals surface area contributed by atoms with Gasteiger partial charge in [-0.25, -0.2) is 0 Å². The van der Waals surface area contributed by atoms with Gasteiger partial charge in [0.1, 0.15) is 0 Å². The standard InChI is InChI=1S/3C4H9.C2H2.CN.Cu.Sn/c3*1-3-4-2;2*1-2;;/h3*1,3-4H2,2H3;1H2;;;. The Morgan fingerprint density at radius 1 is 1.00 bits per heavy atom. The SMILES string of the molecule is C=[C]([Cu][C]#N)[Sn]([CH2]CCC)([CH2]CCC)[CH2]CCC. The van der Waals surface area contributed by atoms with Crippen LogP contribution in [0.25, 0.3) is 0 Å². The third-order valence-corrected chi connectivity index (χ3v) is 22.6. The van der Waals surface area contributed by atoms with Crippen molar-refractivity contribution < 1.29 is 15.0 Å². The van der Waals surface area contributed by atoms with Crippen molar-refractivity contribution in [3.8, 4) is 4.97 Å². The third-order valence-electron chi connectivity index (χ3n) is 3.69. The monoisotopic (exact) mass is 406 g/mol. The van der Waals surface area contributed by atoms with E-state index in [0.29, 0.717) is 0 Å². The summed E-state index contributed by atoms with van der Waals surface area (Å²) in [5, 5.41) is 8.96. The topological polar surface area (TPSA) is 23.8 Å². The maximum absolute atomic E-state index is 8.96. The van der Waals surface area contributed by atoms with Crippen LogP contribution in [0.3, 0.4) is 0 Å². The molecule has 3 heteroatoms. The van der Waals surface area contributed by atoms with Crippen LogP contribution < -0.4 is 0 Å². The summed E-state index contributed by atoms with van der Waals surface area (Å²) in [6.45, 7) is 11.1. The van der Waals surface area contributed by atoms with Crippen LogP contribution in [0.2, 0.25) is 13.3 Å². The number of hydrogen-bond acceptors (Lipinski definition) is 1. The van der Waals surface area contributed by atoms with Crippen molar-refractivity contribution in [2.75, 3.05) is 0 Å². The number of nitriles is 1. The van der Waals surface area contributed by atoms with Crippen LogP contribution in [-0.2, 0) is 15.0 Å². The fourth-order valence-corrected chi connectivity index (χ4v) is 20.6. The maximum atomic E-state index is 8.96. The van der Waals surface area contributed by atoms with Crippen LogP contribution >= 0.6 is 0 Å². The van der Waals surface area contributed by atoms with Gasteiger partial charge in [0.05, 0.1) is 0 Å². The van der Waals surface area contributed by atoms with Crippen molar-refractivity contribution in [2.45, 2.75) is 72.6 Å². The number of nitrogens with zero attached hydrogens (tertiary/aromatic N) is 1. The molecule has 0 aromatic rings. The van der Waals surface area contributed by atoms with Crippen molar-refractivity contribution in [1.82, 2.24) is 0 Å². The molecule has 0 spiro atoms. The molecular weight excluding hydrogens is 376 g/mol. The molecule has 18 heavy (non-hydrogen) atoms. The van der Waals surface area contributed by atoms with E-state index in [1.165, 1.54) is 69.3 Å². The molecule has 0 N–H and O–H groups in total. The first-order valence-corrected chi connectivity index (χ1v) is 15.7.